The number of fused-ring (bicyclic) bond motifs is 1. The van der Waals surface area contributed by atoms with Gasteiger partial charge in [-0.2, -0.15) is 0 Å². The highest BCUT2D eigenvalue weighted by molar-refractivity contribution is 6.42. The Bertz CT molecular complexity index is 1510. The maximum atomic E-state index is 14.3. The van der Waals surface area contributed by atoms with E-state index >= 15 is 0 Å². The van der Waals surface area contributed by atoms with E-state index in [2.05, 4.69) is 44.7 Å². The first-order valence-corrected chi connectivity index (χ1v) is 17.8. The summed E-state index contributed by atoms with van der Waals surface area (Å²) in [4.78, 5) is 48.8. The largest absolute Gasteiger partial charge is 0.359 e. The van der Waals surface area contributed by atoms with Crippen molar-refractivity contribution < 1.29 is 19.1 Å². The number of halogens is 2. The Labute approximate surface area is 286 Å². The summed E-state index contributed by atoms with van der Waals surface area (Å²) in [6.45, 7) is 6.11. The maximum Gasteiger partial charge on any atom is 0.246 e. The van der Waals surface area contributed by atoms with E-state index < -0.39 is 29.6 Å². The number of nitrogens with zero attached hydrogens (tertiary/aromatic N) is 3. The van der Waals surface area contributed by atoms with Gasteiger partial charge in [0.15, 0.2) is 0 Å². The summed E-state index contributed by atoms with van der Waals surface area (Å²) in [6.07, 6.45) is 9.08. The summed E-state index contributed by atoms with van der Waals surface area (Å²) in [5, 5.41) is 6.90. The second kappa shape index (κ2) is 13.9. The quantitative estimate of drug-likeness (QED) is 0.353. The van der Waals surface area contributed by atoms with Crippen LogP contribution in [0.4, 0.5) is 5.69 Å². The molecule has 250 valence electrons. The zero-order chi connectivity index (χ0) is 32.5. The highest BCUT2D eigenvalue weighted by Gasteiger charge is 2.72. The molecule has 2 aromatic carbocycles. The van der Waals surface area contributed by atoms with Crippen LogP contribution in [0.1, 0.15) is 44.1 Å². The smallest absolute Gasteiger partial charge is 0.246 e. The second-order valence-corrected chi connectivity index (χ2v) is 14.5. The Morgan fingerprint density at radius 2 is 1.64 bits per heavy atom. The van der Waals surface area contributed by atoms with E-state index in [1.165, 1.54) is 12.0 Å². The summed E-state index contributed by atoms with van der Waals surface area (Å²) in [5.41, 5.74) is 0.636. The van der Waals surface area contributed by atoms with Crippen LogP contribution in [0.5, 0.6) is 0 Å². The lowest BCUT2D eigenvalue weighted by Gasteiger charge is -2.36. The van der Waals surface area contributed by atoms with Gasteiger partial charge in [0.25, 0.3) is 0 Å². The van der Waals surface area contributed by atoms with Gasteiger partial charge in [-0.3, -0.25) is 19.3 Å². The number of piperazine rings is 1. The lowest BCUT2D eigenvalue weighted by molar-refractivity contribution is -0.141. The molecule has 4 aliphatic heterocycles. The number of benzene rings is 2. The SMILES string of the molecule is O=C(Nc1ccc(Cl)c(Cl)c1)C1C2C=CC3(O2)C1C(=O)N(CCCN1CCN(Cc2ccccc2)CC1)C3C(=O)NC1CCCCC1. The molecule has 7 rings (SSSR count). The molecule has 3 amide bonds. The Hall–Kier alpha value is -2.95. The third kappa shape index (κ3) is 6.57. The lowest BCUT2D eigenvalue weighted by Crippen LogP contribution is -2.56. The van der Waals surface area contributed by atoms with Crippen molar-refractivity contribution in [3.05, 3.63) is 76.3 Å². The third-order valence-corrected chi connectivity index (χ3v) is 11.4. The van der Waals surface area contributed by atoms with Crippen molar-refractivity contribution in [2.45, 2.75) is 68.9 Å². The summed E-state index contributed by atoms with van der Waals surface area (Å²) in [7, 11) is 0. The maximum absolute atomic E-state index is 14.3. The highest BCUT2D eigenvalue weighted by atomic mass is 35.5. The molecule has 3 saturated heterocycles. The van der Waals surface area contributed by atoms with Crippen molar-refractivity contribution in [3.8, 4) is 0 Å². The summed E-state index contributed by atoms with van der Waals surface area (Å²) in [5.74, 6) is -2.26. The number of carbonyl (C=O) groups is 3. The van der Waals surface area contributed by atoms with E-state index in [0.717, 1.165) is 71.4 Å². The van der Waals surface area contributed by atoms with Crippen LogP contribution in [-0.2, 0) is 25.7 Å². The minimum absolute atomic E-state index is 0.0900. The molecular formula is C36H43Cl2N5O4. The molecular weight excluding hydrogens is 637 g/mol. The molecule has 47 heavy (non-hydrogen) atoms. The van der Waals surface area contributed by atoms with Gasteiger partial charge in [-0.1, -0.05) is 84.9 Å². The zero-order valence-corrected chi connectivity index (χ0v) is 28.1. The molecule has 2 N–H and O–H groups in total. The molecule has 5 unspecified atom stereocenters. The van der Waals surface area contributed by atoms with Gasteiger partial charge in [-0.05, 0) is 49.6 Å². The number of anilines is 1. The fourth-order valence-electron chi connectivity index (χ4n) is 8.31. The number of nitrogens with one attached hydrogen (secondary N) is 2. The standard InChI is InChI=1S/C36H43Cl2N5O4/c37-27-13-12-26(22-28(27)38)40-33(44)30-29-14-15-36(47-29)31(30)35(46)43(32(36)34(45)39-25-10-5-2-6-11-25)17-7-16-41-18-20-42(21-19-41)23-24-8-3-1-4-9-24/h1,3-4,8-9,12-15,22,25,29-32H,2,5-7,10-11,16-21,23H2,(H,39,45)(H,40,44). The van der Waals surface area contributed by atoms with Crippen LogP contribution in [0, 0.1) is 11.8 Å². The van der Waals surface area contributed by atoms with Crippen molar-refractivity contribution in [1.82, 2.24) is 20.0 Å². The molecule has 1 spiro atoms. The first-order chi connectivity index (χ1) is 22.8. The van der Waals surface area contributed by atoms with Gasteiger partial charge in [-0.15, -0.1) is 0 Å². The Morgan fingerprint density at radius 3 is 2.38 bits per heavy atom. The molecule has 2 aromatic rings. The highest BCUT2D eigenvalue weighted by Crippen LogP contribution is 2.55. The first-order valence-electron chi connectivity index (χ1n) is 17.0. The van der Waals surface area contributed by atoms with Gasteiger partial charge >= 0.3 is 0 Å². The predicted molar refractivity (Wildman–Crippen MR) is 182 cm³/mol. The van der Waals surface area contributed by atoms with Crippen molar-refractivity contribution in [3.63, 3.8) is 0 Å². The topological polar surface area (TPSA) is 94.2 Å². The van der Waals surface area contributed by atoms with Gasteiger partial charge < -0.3 is 25.2 Å². The predicted octanol–water partition coefficient (Wildman–Crippen LogP) is 4.74. The Morgan fingerprint density at radius 1 is 0.894 bits per heavy atom. The van der Waals surface area contributed by atoms with Crippen LogP contribution in [0.2, 0.25) is 10.0 Å². The monoisotopic (exact) mass is 679 g/mol. The summed E-state index contributed by atoms with van der Waals surface area (Å²) >= 11 is 12.3. The van der Waals surface area contributed by atoms with E-state index in [1.54, 1.807) is 23.1 Å². The number of likely N-dealkylation sites (tertiary alicyclic amines) is 1. The molecule has 4 fully saturated rings. The van der Waals surface area contributed by atoms with Crippen LogP contribution in [0.25, 0.3) is 0 Å². The number of hydrogen-bond donors (Lipinski definition) is 2. The van der Waals surface area contributed by atoms with E-state index in [9.17, 15) is 14.4 Å². The molecule has 2 bridgehead atoms. The van der Waals surface area contributed by atoms with Crippen LogP contribution in [0.15, 0.2) is 60.7 Å². The third-order valence-electron chi connectivity index (χ3n) is 10.7. The molecule has 11 heteroatoms. The van der Waals surface area contributed by atoms with Gasteiger partial charge in [0.05, 0.1) is 28.0 Å². The average Bonchev–Trinajstić information content (AvgIpc) is 3.72. The molecule has 5 aliphatic rings. The minimum atomic E-state index is -1.18. The molecule has 1 aliphatic carbocycles. The van der Waals surface area contributed by atoms with Crippen molar-refractivity contribution in [2.24, 2.45) is 11.8 Å². The second-order valence-electron chi connectivity index (χ2n) is 13.7. The Kier molecular flexibility index (Phi) is 9.63. The summed E-state index contributed by atoms with van der Waals surface area (Å²) < 4.78 is 6.52. The molecule has 1 saturated carbocycles. The van der Waals surface area contributed by atoms with E-state index in [4.69, 9.17) is 27.9 Å². The summed E-state index contributed by atoms with van der Waals surface area (Å²) in [6, 6.07) is 14.7. The minimum Gasteiger partial charge on any atom is -0.359 e. The molecule has 9 nitrogen and oxygen atoms in total. The first kappa shape index (κ1) is 32.6. The Balaban J connectivity index is 1.04. The van der Waals surface area contributed by atoms with Crippen molar-refractivity contribution in [2.75, 3.05) is 44.6 Å². The number of amides is 3. The molecule has 4 heterocycles. The molecule has 0 radical (unpaired) electrons. The average molecular weight is 681 g/mol. The zero-order valence-electron chi connectivity index (χ0n) is 26.6. The van der Waals surface area contributed by atoms with Crippen molar-refractivity contribution >= 4 is 46.6 Å². The number of ether oxygens (including phenoxy) is 1. The van der Waals surface area contributed by atoms with E-state index in [1.807, 2.05) is 18.2 Å². The molecule has 0 aromatic heterocycles. The fourth-order valence-corrected chi connectivity index (χ4v) is 8.61. The van der Waals surface area contributed by atoms with Crippen LogP contribution in [-0.4, -0.2) is 95.5 Å². The van der Waals surface area contributed by atoms with E-state index in [0.29, 0.717) is 22.3 Å². The normalized spacial score (nSPS) is 29.3. The lowest BCUT2D eigenvalue weighted by atomic mass is 9.74. The van der Waals surface area contributed by atoms with Gasteiger partial charge in [0, 0.05) is 51.0 Å². The van der Waals surface area contributed by atoms with Gasteiger partial charge in [0.1, 0.15) is 11.6 Å². The van der Waals surface area contributed by atoms with E-state index in [-0.39, 0.29) is 23.8 Å². The number of carbonyl (C=O) groups excluding carboxylic acids is 3. The van der Waals surface area contributed by atoms with Crippen LogP contribution in [0.3, 0.4) is 0 Å². The number of rotatable bonds is 10. The fraction of sp³-hybridized carbons (Fsp3) is 0.528. The molecule has 5 atom stereocenters. The number of hydrogen-bond acceptors (Lipinski definition) is 6. The van der Waals surface area contributed by atoms with Crippen LogP contribution < -0.4 is 10.6 Å². The van der Waals surface area contributed by atoms with Gasteiger partial charge in [0.2, 0.25) is 17.7 Å². The van der Waals surface area contributed by atoms with Gasteiger partial charge in [-0.25, -0.2) is 0 Å². The van der Waals surface area contributed by atoms with Crippen molar-refractivity contribution in [1.29, 1.82) is 0 Å². The van der Waals surface area contributed by atoms with Crippen LogP contribution >= 0.6 is 23.2 Å².